The molecule has 0 aliphatic carbocycles. The van der Waals surface area contributed by atoms with Crippen LogP contribution in [0.1, 0.15) is 40.9 Å². The second-order valence-corrected chi connectivity index (χ2v) is 7.69. The Kier molecular flexibility index (Phi) is 5.74. The van der Waals surface area contributed by atoms with Crippen molar-refractivity contribution >= 4 is 17.1 Å². The van der Waals surface area contributed by atoms with Gasteiger partial charge in [0.25, 0.3) is 0 Å². The standard InChI is InChI=1S/C21H23F3N6O/c1-12-10-15(5-7-25-12)17-11-30(8-9-31-17)20-28-16(4-6-21(22,23)24)18-19(29-20)27-14(3)13(2)26-18/h5,7,10,17H,4,6,8-9,11H2,1-3H3/t17-/m1/s1. The Morgan fingerprint density at radius 1 is 1.10 bits per heavy atom. The summed E-state index contributed by atoms with van der Waals surface area (Å²) in [5.74, 6) is 0.348. The SMILES string of the molecule is Cc1cc([C@H]2CN(c3nc(CCC(F)(F)F)c4nc(C)c(C)nc4n3)CCO2)ccn1. The van der Waals surface area contributed by atoms with Crippen molar-refractivity contribution < 1.29 is 17.9 Å². The molecule has 0 amide bonds. The number of anilines is 1. The van der Waals surface area contributed by atoms with E-state index in [0.29, 0.717) is 48.2 Å². The van der Waals surface area contributed by atoms with Crippen molar-refractivity contribution in [1.29, 1.82) is 0 Å². The number of hydrogen-bond acceptors (Lipinski definition) is 7. The normalized spacial score (nSPS) is 17.4. The summed E-state index contributed by atoms with van der Waals surface area (Å²) in [6, 6.07) is 3.86. The predicted molar refractivity (Wildman–Crippen MR) is 109 cm³/mol. The third kappa shape index (κ3) is 4.90. The van der Waals surface area contributed by atoms with Gasteiger partial charge in [-0.2, -0.15) is 18.2 Å². The third-order valence-electron chi connectivity index (χ3n) is 5.29. The number of morpholine rings is 1. The molecule has 1 saturated heterocycles. The summed E-state index contributed by atoms with van der Waals surface area (Å²) < 4.78 is 44.6. The molecule has 10 heteroatoms. The first kappa shape index (κ1) is 21.4. The number of fused-ring (bicyclic) bond motifs is 1. The molecule has 0 radical (unpaired) electrons. The van der Waals surface area contributed by atoms with Crippen LogP contribution in [-0.2, 0) is 11.2 Å². The van der Waals surface area contributed by atoms with E-state index in [9.17, 15) is 13.2 Å². The fourth-order valence-corrected chi connectivity index (χ4v) is 3.53. The Bertz CT molecular complexity index is 1100. The number of rotatable bonds is 4. The molecule has 0 bridgehead atoms. The highest BCUT2D eigenvalue weighted by molar-refractivity contribution is 5.74. The Balaban J connectivity index is 1.70. The molecule has 0 spiro atoms. The van der Waals surface area contributed by atoms with Crippen molar-refractivity contribution in [3.05, 3.63) is 46.7 Å². The summed E-state index contributed by atoms with van der Waals surface area (Å²) in [4.78, 5) is 24.1. The van der Waals surface area contributed by atoms with E-state index in [-0.39, 0.29) is 18.2 Å². The minimum absolute atomic E-state index is 0.209. The molecule has 1 aliphatic heterocycles. The average molecular weight is 432 g/mol. The Labute approximate surface area is 177 Å². The molecule has 164 valence electrons. The van der Waals surface area contributed by atoms with Gasteiger partial charge in [0.05, 0.1) is 30.2 Å². The number of alkyl halides is 3. The van der Waals surface area contributed by atoms with Gasteiger partial charge in [0.1, 0.15) is 11.6 Å². The zero-order valence-electron chi connectivity index (χ0n) is 17.6. The molecule has 0 N–H and O–H groups in total. The maximum Gasteiger partial charge on any atom is 0.389 e. The molecule has 3 aromatic rings. The zero-order valence-corrected chi connectivity index (χ0v) is 17.6. The first-order chi connectivity index (χ1) is 14.7. The first-order valence-corrected chi connectivity index (χ1v) is 10.1. The van der Waals surface area contributed by atoms with E-state index in [0.717, 1.165) is 11.3 Å². The lowest BCUT2D eigenvalue weighted by molar-refractivity contribution is -0.134. The minimum Gasteiger partial charge on any atom is -0.370 e. The molecule has 0 unspecified atom stereocenters. The van der Waals surface area contributed by atoms with E-state index in [4.69, 9.17) is 4.74 Å². The van der Waals surface area contributed by atoms with Crippen LogP contribution < -0.4 is 4.90 Å². The molecule has 1 aliphatic rings. The largest absolute Gasteiger partial charge is 0.389 e. The molecule has 1 fully saturated rings. The Morgan fingerprint density at radius 2 is 1.87 bits per heavy atom. The quantitative estimate of drug-likeness (QED) is 0.620. The number of hydrogen-bond donors (Lipinski definition) is 0. The maximum absolute atomic E-state index is 12.9. The number of aromatic nitrogens is 5. The molecule has 3 aromatic heterocycles. The second kappa shape index (κ2) is 8.33. The van der Waals surface area contributed by atoms with Gasteiger partial charge < -0.3 is 9.64 Å². The third-order valence-corrected chi connectivity index (χ3v) is 5.29. The van der Waals surface area contributed by atoms with Gasteiger partial charge in [-0.05, 0) is 38.5 Å². The van der Waals surface area contributed by atoms with Crippen LogP contribution in [0, 0.1) is 20.8 Å². The highest BCUT2D eigenvalue weighted by atomic mass is 19.4. The number of halogens is 3. The molecule has 1 atom stereocenters. The van der Waals surface area contributed by atoms with Gasteiger partial charge in [-0.25, -0.2) is 15.0 Å². The van der Waals surface area contributed by atoms with Gasteiger partial charge in [-0.3, -0.25) is 4.98 Å². The van der Waals surface area contributed by atoms with Gasteiger partial charge in [-0.1, -0.05) is 0 Å². The molecular weight excluding hydrogens is 409 g/mol. The summed E-state index contributed by atoms with van der Waals surface area (Å²) in [6.45, 7) is 6.94. The number of nitrogens with zero attached hydrogens (tertiary/aromatic N) is 6. The number of ether oxygens (including phenoxy) is 1. The van der Waals surface area contributed by atoms with Crippen molar-refractivity contribution in [2.75, 3.05) is 24.6 Å². The lowest BCUT2D eigenvalue weighted by Gasteiger charge is -2.33. The van der Waals surface area contributed by atoms with Gasteiger partial charge in [0.15, 0.2) is 5.65 Å². The van der Waals surface area contributed by atoms with E-state index in [1.807, 2.05) is 24.0 Å². The fourth-order valence-electron chi connectivity index (χ4n) is 3.53. The fraction of sp³-hybridized carbons (Fsp3) is 0.476. The molecular formula is C21H23F3N6O. The van der Waals surface area contributed by atoms with Gasteiger partial charge in [0.2, 0.25) is 5.95 Å². The molecule has 31 heavy (non-hydrogen) atoms. The van der Waals surface area contributed by atoms with Crippen LogP contribution in [0.15, 0.2) is 18.3 Å². The average Bonchev–Trinajstić information content (AvgIpc) is 2.72. The smallest absolute Gasteiger partial charge is 0.370 e. The molecule has 4 rings (SSSR count). The van der Waals surface area contributed by atoms with E-state index in [1.165, 1.54) is 0 Å². The van der Waals surface area contributed by atoms with Crippen LogP contribution in [0.25, 0.3) is 11.2 Å². The van der Waals surface area contributed by atoms with Gasteiger partial charge in [0, 0.05) is 31.3 Å². The predicted octanol–water partition coefficient (Wildman–Crippen LogP) is 3.81. The maximum atomic E-state index is 12.9. The van der Waals surface area contributed by atoms with Crippen molar-refractivity contribution in [3.63, 3.8) is 0 Å². The van der Waals surface area contributed by atoms with E-state index < -0.39 is 12.6 Å². The second-order valence-electron chi connectivity index (χ2n) is 7.69. The van der Waals surface area contributed by atoms with Crippen LogP contribution in [-0.4, -0.2) is 50.8 Å². The molecule has 7 nitrogen and oxygen atoms in total. The first-order valence-electron chi connectivity index (χ1n) is 10.1. The van der Waals surface area contributed by atoms with Crippen LogP contribution in [0.3, 0.4) is 0 Å². The Hall–Kier alpha value is -2.88. The number of aryl methyl sites for hydroxylation is 4. The minimum atomic E-state index is -4.28. The summed E-state index contributed by atoms with van der Waals surface area (Å²) in [5.41, 5.74) is 4.11. The zero-order chi connectivity index (χ0) is 22.2. The molecule has 4 heterocycles. The topological polar surface area (TPSA) is 76.9 Å². The summed E-state index contributed by atoms with van der Waals surface area (Å²) in [6.07, 6.45) is -4.01. The van der Waals surface area contributed by atoms with Crippen molar-refractivity contribution in [3.8, 4) is 0 Å². The number of pyridine rings is 1. The van der Waals surface area contributed by atoms with Crippen LogP contribution in [0.2, 0.25) is 0 Å². The van der Waals surface area contributed by atoms with Gasteiger partial charge >= 0.3 is 6.18 Å². The van der Waals surface area contributed by atoms with Crippen LogP contribution in [0.5, 0.6) is 0 Å². The van der Waals surface area contributed by atoms with Crippen LogP contribution in [0.4, 0.5) is 19.1 Å². The lowest BCUT2D eigenvalue weighted by Crippen LogP contribution is -2.39. The van der Waals surface area contributed by atoms with Gasteiger partial charge in [-0.15, -0.1) is 0 Å². The highest BCUT2D eigenvalue weighted by Gasteiger charge is 2.29. The lowest BCUT2D eigenvalue weighted by atomic mass is 10.1. The van der Waals surface area contributed by atoms with Crippen molar-refractivity contribution in [2.45, 2.75) is 45.9 Å². The van der Waals surface area contributed by atoms with E-state index in [2.05, 4.69) is 24.9 Å². The summed E-state index contributed by atoms with van der Waals surface area (Å²) in [7, 11) is 0. The highest BCUT2D eigenvalue weighted by Crippen LogP contribution is 2.28. The molecule has 0 aromatic carbocycles. The summed E-state index contributed by atoms with van der Waals surface area (Å²) >= 11 is 0. The van der Waals surface area contributed by atoms with Crippen molar-refractivity contribution in [1.82, 2.24) is 24.9 Å². The monoisotopic (exact) mass is 432 g/mol. The van der Waals surface area contributed by atoms with E-state index >= 15 is 0 Å². The van der Waals surface area contributed by atoms with Crippen LogP contribution >= 0.6 is 0 Å². The van der Waals surface area contributed by atoms with E-state index in [1.54, 1.807) is 20.0 Å². The van der Waals surface area contributed by atoms with Crippen molar-refractivity contribution in [2.24, 2.45) is 0 Å². The molecule has 0 saturated carbocycles. The Morgan fingerprint density at radius 3 is 2.61 bits per heavy atom. The summed E-state index contributed by atoms with van der Waals surface area (Å²) in [5, 5.41) is 0.